The van der Waals surface area contributed by atoms with Crippen molar-refractivity contribution in [3.05, 3.63) is 76.3 Å². The van der Waals surface area contributed by atoms with Crippen LogP contribution in [0.3, 0.4) is 0 Å². The molecule has 0 fully saturated rings. The molecule has 0 saturated heterocycles. The molecule has 0 aliphatic carbocycles. The van der Waals surface area contributed by atoms with Gasteiger partial charge in [-0.3, -0.25) is 4.79 Å². The minimum atomic E-state index is -0.670. The summed E-state index contributed by atoms with van der Waals surface area (Å²) in [6.45, 7) is 0. The van der Waals surface area contributed by atoms with Crippen LogP contribution in [-0.4, -0.2) is 35.8 Å². The lowest BCUT2D eigenvalue weighted by atomic mass is 10.2. The van der Waals surface area contributed by atoms with E-state index in [0.29, 0.717) is 10.2 Å². The summed E-state index contributed by atoms with van der Waals surface area (Å²) in [4.78, 5) is 26.1. The molecule has 0 aliphatic rings. The van der Waals surface area contributed by atoms with Gasteiger partial charge in [0.1, 0.15) is 11.5 Å². The Hall–Kier alpha value is -3.00. The van der Waals surface area contributed by atoms with Crippen molar-refractivity contribution in [2.24, 2.45) is 0 Å². The monoisotopic (exact) mass is 431 g/mol. The number of nitrogens with zero attached hydrogens (tertiary/aromatic N) is 3. The number of carbonyl (C=O) groups is 2. The highest BCUT2D eigenvalue weighted by Crippen LogP contribution is 2.24. The van der Waals surface area contributed by atoms with Crippen molar-refractivity contribution in [1.82, 2.24) is 9.78 Å². The molecular formula is C19H15BrFN3O3. The van der Waals surface area contributed by atoms with E-state index in [4.69, 9.17) is 4.74 Å². The molecule has 138 valence electrons. The van der Waals surface area contributed by atoms with Crippen molar-refractivity contribution in [2.45, 2.75) is 0 Å². The molecular weight excluding hydrogens is 417 g/mol. The maximum Gasteiger partial charge on any atom is 0.358 e. The predicted octanol–water partition coefficient (Wildman–Crippen LogP) is 3.84. The van der Waals surface area contributed by atoms with E-state index in [-0.39, 0.29) is 17.1 Å². The standard InChI is InChI=1S/C19H15BrFN3O3/c1-23(16-9-8-12(20)10-14(16)21)18(25)17-11-15(19(26)27-2)22-24(17)13-6-4-3-5-7-13/h3-11H,1-2H3. The third-order valence-corrected chi connectivity index (χ3v) is 4.39. The molecule has 0 unspecified atom stereocenters. The van der Waals surface area contributed by atoms with Crippen LogP contribution in [0.5, 0.6) is 0 Å². The number of halogens is 2. The molecule has 0 radical (unpaired) electrons. The van der Waals surface area contributed by atoms with Crippen LogP contribution in [0.1, 0.15) is 21.0 Å². The highest BCUT2D eigenvalue weighted by molar-refractivity contribution is 9.10. The first-order valence-electron chi connectivity index (χ1n) is 7.89. The van der Waals surface area contributed by atoms with Gasteiger partial charge in [0.2, 0.25) is 0 Å². The zero-order valence-corrected chi connectivity index (χ0v) is 16.1. The van der Waals surface area contributed by atoms with Crippen molar-refractivity contribution in [3.8, 4) is 5.69 Å². The van der Waals surface area contributed by atoms with Gasteiger partial charge in [-0.25, -0.2) is 13.9 Å². The fraction of sp³-hybridized carbons (Fsp3) is 0.105. The molecule has 3 aromatic rings. The second kappa shape index (κ2) is 7.71. The Kier molecular flexibility index (Phi) is 5.36. The number of rotatable bonds is 4. The van der Waals surface area contributed by atoms with Crippen molar-refractivity contribution < 1.29 is 18.7 Å². The van der Waals surface area contributed by atoms with Gasteiger partial charge in [0, 0.05) is 17.6 Å². The summed E-state index contributed by atoms with van der Waals surface area (Å²) in [5.74, 6) is -1.75. The van der Waals surface area contributed by atoms with E-state index >= 15 is 0 Å². The van der Waals surface area contributed by atoms with Gasteiger partial charge in [-0.1, -0.05) is 34.1 Å². The fourth-order valence-corrected chi connectivity index (χ4v) is 2.87. The van der Waals surface area contributed by atoms with Crippen LogP contribution in [0.4, 0.5) is 10.1 Å². The normalized spacial score (nSPS) is 10.5. The maximum absolute atomic E-state index is 14.3. The van der Waals surface area contributed by atoms with E-state index in [1.165, 1.54) is 41.9 Å². The molecule has 1 heterocycles. The van der Waals surface area contributed by atoms with Crippen LogP contribution < -0.4 is 4.90 Å². The quantitative estimate of drug-likeness (QED) is 0.588. The van der Waals surface area contributed by atoms with Crippen LogP contribution in [0.2, 0.25) is 0 Å². The number of aromatic nitrogens is 2. The molecule has 3 rings (SSSR count). The van der Waals surface area contributed by atoms with Gasteiger partial charge in [-0.05, 0) is 30.3 Å². The third-order valence-electron chi connectivity index (χ3n) is 3.90. The van der Waals surface area contributed by atoms with Crippen LogP contribution in [0.15, 0.2) is 59.1 Å². The molecule has 6 nitrogen and oxygen atoms in total. The average Bonchev–Trinajstić information content (AvgIpc) is 3.12. The summed E-state index contributed by atoms with van der Waals surface area (Å²) in [7, 11) is 2.68. The van der Waals surface area contributed by atoms with Gasteiger partial charge in [0.25, 0.3) is 5.91 Å². The van der Waals surface area contributed by atoms with Gasteiger partial charge in [-0.2, -0.15) is 5.10 Å². The molecule has 0 saturated carbocycles. The number of methoxy groups -OCH3 is 1. The molecule has 2 aromatic carbocycles. The van der Waals surface area contributed by atoms with Crippen molar-refractivity contribution in [3.63, 3.8) is 0 Å². The number of ether oxygens (including phenoxy) is 1. The minimum absolute atomic E-state index is 0.0191. The smallest absolute Gasteiger partial charge is 0.358 e. The Bertz CT molecular complexity index is 1000. The summed E-state index contributed by atoms with van der Waals surface area (Å²) >= 11 is 3.19. The Morgan fingerprint density at radius 3 is 2.48 bits per heavy atom. The number of benzene rings is 2. The number of hydrogen-bond acceptors (Lipinski definition) is 4. The third kappa shape index (κ3) is 3.75. The molecule has 0 N–H and O–H groups in total. The Labute approximate surface area is 163 Å². The van der Waals surface area contributed by atoms with Gasteiger partial charge < -0.3 is 9.64 Å². The van der Waals surface area contributed by atoms with Crippen LogP contribution in [0.25, 0.3) is 5.69 Å². The van der Waals surface area contributed by atoms with Gasteiger partial charge in [0.05, 0.1) is 18.5 Å². The zero-order valence-electron chi connectivity index (χ0n) is 14.5. The lowest BCUT2D eigenvalue weighted by Crippen LogP contribution is -2.29. The molecule has 1 aromatic heterocycles. The zero-order chi connectivity index (χ0) is 19.6. The Balaban J connectivity index is 2.07. The molecule has 0 atom stereocenters. The number of amides is 1. The van der Waals surface area contributed by atoms with Crippen LogP contribution in [0, 0.1) is 5.82 Å². The molecule has 0 aliphatic heterocycles. The van der Waals surface area contributed by atoms with E-state index in [2.05, 4.69) is 21.0 Å². The Morgan fingerprint density at radius 2 is 1.85 bits per heavy atom. The molecule has 8 heteroatoms. The van der Waals surface area contributed by atoms with E-state index in [1.807, 2.05) is 6.07 Å². The van der Waals surface area contributed by atoms with E-state index in [9.17, 15) is 14.0 Å². The minimum Gasteiger partial charge on any atom is -0.464 e. The molecule has 0 bridgehead atoms. The Morgan fingerprint density at radius 1 is 1.15 bits per heavy atom. The first kappa shape index (κ1) is 18.8. The average molecular weight is 432 g/mol. The predicted molar refractivity (Wildman–Crippen MR) is 102 cm³/mol. The topological polar surface area (TPSA) is 64.4 Å². The van der Waals surface area contributed by atoms with E-state index < -0.39 is 17.7 Å². The van der Waals surface area contributed by atoms with E-state index in [0.717, 1.165) is 0 Å². The molecule has 27 heavy (non-hydrogen) atoms. The molecule has 1 amide bonds. The van der Waals surface area contributed by atoms with Gasteiger partial charge >= 0.3 is 5.97 Å². The first-order valence-corrected chi connectivity index (χ1v) is 8.68. The van der Waals surface area contributed by atoms with Crippen molar-refractivity contribution >= 4 is 33.5 Å². The van der Waals surface area contributed by atoms with E-state index in [1.54, 1.807) is 30.3 Å². The van der Waals surface area contributed by atoms with Gasteiger partial charge in [-0.15, -0.1) is 0 Å². The number of hydrogen-bond donors (Lipinski definition) is 0. The lowest BCUT2D eigenvalue weighted by Gasteiger charge is -2.18. The highest BCUT2D eigenvalue weighted by atomic mass is 79.9. The summed E-state index contributed by atoms with van der Waals surface area (Å²) in [5, 5.41) is 4.18. The fourth-order valence-electron chi connectivity index (χ4n) is 2.54. The first-order chi connectivity index (χ1) is 12.9. The number of anilines is 1. The lowest BCUT2D eigenvalue weighted by molar-refractivity contribution is 0.0593. The number of carbonyl (C=O) groups excluding carboxylic acids is 2. The second-order valence-corrected chi connectivity index (χ2v) is 6.53. The summed E-state index contributed by atoms with van der Waals surface area (Å²) in [6.07, 6.45) is 0. The van der Waals surface area contributed by atoms with Crippen molar-refractivity contribution in [2.75, 3.05) is 19.1 Å². The largest absolute Gasteiger partial charge is 0.464 e. The molecule has 0 spiro atoms. The van der Waals surface area contributed by atoms with Crippen LogP contribution >= 0.6 is 15.9 Å². The number of esters is 1. The highest BCUT2D eigenvalue weighted by Gasteiger charge is 2.25. The summed E-state index contributed by atoms with van der Waals surface area (Å²) < 4.78 is 20.9. The summed E-state index contributed by atoms with van der Waals surface area (Å²) in [5.41, 5.74) is 0.769. The summed E-state index contributed by atoms with van der Waals surface area (Å²) in [6, 6.07) is 14.6. The maximum atomic E-state index is 14.3. The van der Waals surface area contributed by atoms with Crippen LogP contribution in [-0.2, 0) is 4.74 Å². The second-order valence-electron chi connectivity index (χ2n) is 5.61. The van der Waals surface area contributed by atoms with Gasteiger partial charge in [0.15, 0.2) is 5.69 Å². The van der Waals surface area contributed by atoms with Crippen molar-refractivity contribution in [1.29, 1.82) is 0 Å². The number of para-hydroxylation sites is 1. The SMILES string of the molecule is COC(=O)c1cc(C(=O)N(C)c2ccc(Br)cc2F)n(-c2ccccc2)n1.